The van der Waals surface area contributed by atoms with Gasteiger partial charge in [-0.3, -0.25) is 0 Å². The fraction of sp³-hybridized carbons (Fsp3) is 0.364. The van der Waals surface area contributed by atoms with E-state index in [4.69, 9.17) is 19.1 Å². The van der Waals surface area contributed by atoms with Crippen LogP contribution in [0.15, 0.2) is 109 Å². The number of carbonyl (C=O) groups is 2. The van der Waals surface area contributed by atoms with E-state index in [2.05, 4.69) is 125 Å². The van der Waals surface area contributed by atoms with Crippen LogP contribution < -0.4 is 0 Å². The minimum atomic E-state index is -0.612. The van der Waals surface area contributed by atoms with Crippen molar-refractivity contribution in [1.29, 1.82) is 0 Å². The summed E-state index contributed by atoms with van der Waals surface area (Å²) in [6.07, 6.45) is 4.76. The van der Waals surface area contributed by atoms with E-state index in [0.717, 1.165) is 34.4 Å². The van der Waals surface area contributed by atoms with Gasteiger partial charge in [0.05, 0.1) is 12.2 Å². The van der Waals surface area contributed by atoms with Crippen LogP contribution in [0.5, 0.6) is 0 Å². The predicted molar refractivity (Wildman–Crippen MR) is 201 cm³/mol. The van der Waals surface area contributed by atoms with Crippen molar-refractivity contribution < 1.29 is 28.7 Å². The second-order valence-electron chi connectivity index (χ2n) is 14.1. The number of piperidine rings is 2. The Bertz CT molecular complexity index is 1550. The molecule has 0 aliphatic carbocycles. The van der Waals surface area contributed by atoms with Crippen LogP contribution in [0.25, 0.3) is 0 Å². The Hall–Kier alpha value is -4.60. The zero-order valence-corrected chi connectivity index (χ0v) is 30.7. The number of hydroxylamine groups is 4. The lowest BCUT2D eigenvalue weighted by Gasteiger charge is -2.33. The number of benzene rings is 4. The SMILES string of the molecule is Cc1ccc(C(OC2CCN(OC(=O)/C=C/C(=O)ON3CCC(OC(c4ccc(C)cc4)c4ccc(C)cc4)CC3)CC2)c2ccc(C)cc2)cc1. The van der Waals surface area contributed by atoms with Crippen molar-refractivity contribution in [2.45, 2.75) is 77.8 Å². The molecule has 0 N–H and O–H groups in total. The van der Waals surface area contributed by atoms with Gasteiger partial charge in [0, 0.05) is 38.3 Å². The maximum atomic E-state index is 12.6. The number of aryl methyl sites for hydroxylation is 4. The molecule has 6 rings (SSSR count). The largest absolute Gasteiger partial charge is 0.365 e. The molecule has 4 aromatic carbocycles. The van der Waals surface area contributed by atoms with E-state index in [1.165, 1.54) is 22.3 Å². The van der Waals surface area contributed by atoms with E-state index in [1.807, 2.05) is 0 Å². The van der Waals surface area contributed by atoms with E-state index in [9.17, 15) is 9.59 Å². The second-order valence-corrected chi connectivity index (χ2v) is 14.1. The zero-order valence-electron chi connectivity index (χ0n) is 30.7. The van der Waals surface area contributed by atoms with Crippen molar-refractivity contribution in [2.75, 3.05) is 26.2 Å². The third-order valence-corrected chi connectivity index (χ3v) is 9.77. The molecule has 0 radical (unpaired) electrons. The molecule has 0 aromatic heterocycles. The van der Waals surface area contributed by atoms with Crippen LogP contribution in [-0.2, 0) is 28.7 Å². The fourth-order valence-corrected chi connectivity index (χ4v) is 6.62. The van der Waals surface area contributed by atoms with E-state index in [0.29, 0.717) is 51.9 Å². The summed E-state index contributed by atoms with van der Waals surface area (Å²) < 4.78 is 13.3. The molecule has 272 valence electrons. The van der Waals surface area contributed by atoms with Gasteiger partial charge in [-0.25, -0.2) is 9.59 Å². The molecule has 0 saturated carbocycles. The quantitative estimate of drug-likeness (QED) is 0.137. The Kier molecular flexibility index (Phi) is 12.7. The Balaban J connectivity index is 0.933. The Labute approximate surface area is 307 Å². The van der Waals surface area contributed by atoms with Gasteiger partial charge in [-0.2, -0.15) is 0 Å². The van der Waals surface area contributed by atoms with Gasteiger partial charge in [0.2, 0.25) is 0 Å². The van der Waals surface area contributed by atoms with Crippen LogP contribution in [-0.4, -0.2) is 60.5 Å². The monoisotopic (exact) mass is 702 g/mol. The first kappa shape index (κ1) is 37.2. The Morgan fingerprint density at radius 1 is 0.481 bits per heavy atom. The molecule has 2 aliphatic heterocycles. The van der Waals surface area contributed by atoms with Gasteiger partial charge in [-0.1, -0.05) is 119 Å². The lowest BCUT2D eigenvalue weighted by atomic mass is 9.98. The highest BCUT2D eigenvalue weighted by Gasteiger charge is 2.28. The smallest absolute Gasteiger partial charge is 0.349 e. The van der Waals surface area contributed by atoms with E-state index < -0.39 is 11.9 Å². The fourth-order valence-electron chi connectivity index (χ4n) is 6.62. The minimum absolute atomic E-state index is 0.0127. The number of hydrogen-bond acceptors (Lipinski definition) is 8. The maximum absolute atomic E-state index is 12.6. The van der Waals surface area contributed by atoms with Crippen molar-refractivity contribution >= 4 is 11.9 Å². The Morgan fingerprint density at radius 2 is 0.731 bits per heavy atom. The molecule has 0 atom stereocenters. The molecule has 8 nitrogen and oxygen atoms in total. The second kappa shape index (κ2) is 17.8. The van der Waals surface area contributed by atoms with Crippen LogP contribution >= 0.6 is 0 Å². The molecular formula is C44H50N2O6. The summed E-state index contributed by atoms with van der Waals surface area (Å²) in [5.74, 6) is -1.22. The summed E-state index contributed by atoms with van der Waals surface area (Å²) in [6.45, 7) is 10.5. The molecular weight excluding hydrogens is 652 g/mol. The molecule has 4 aromatic rings. The summed E-state index contributed by atoms with van der Waals surface area (Å²) in [6, 6.07) is 33.9. The first-order valence-corrected chi connectivity index (χ1v) is 18.4. The van der Waals surface area contributed by atoms with E-state index in [1.54, 1.807) is 10.1 Å². The van der Waals surface area contributed by atoms with E-state index in [-0.39, 0.29) is 24.4 Å². The van der Waals surface area contributed by atoms with Crippen molar-refractivity contribution in [1.82, 2.24) is 10.1 Å². The first-order chi connectivity index (χ1) is 25.2. The molecule has 8 heteroatoms. The van der Waals surface area contributed by atoms with Gasteiger partial charge >= 0.3 is 11.9 Å². The molecule has 0 amide bonds. The third-order valence-electron chi connectivity index (χ3n) is 9.77. The van der Waals surface area contributed by atoms with Crippen molar-refractivity contribution in [3.8, 4) is 0 Å². The highest BCUT2D eigenvalue weighted by molar-refractivity contribution is 5.91. The summed E-state index contributed by atoms with van der Waals surface area (Å²) in [7, 11) is 0. The van der Waals surface area contributed by atoms with Crippen LogP contribution in [0.1, 0.15) is 82.4 Å². The number of ether oxygens (including phenoxy) is 2. The van der Waals surface area contributed by atoms with Gasteiger partial charge < -0.3 is 19.1 Å². The standard InChI is InChI=1S/C44H50N2O6/c1-31-5-13-35(14-6-31)43(36-15-7-32(2)8-16-36)49-39-23-27-45(28-24-39)51-41(47)21-22-42(48)52-46-29-25-40(26-30-46)50-44(37-17-9-33(3)10-18-37)38-19-11-34(4)12-20-38/h5-22,39-40,43-44H,23-30H2,1-4H3/b22-21+. The summed E-state index contributed by atoms with van der Waals surface area (Å²) in [4.78, 5) is 36.2. The summed E-state index contributed by atoms with van der Waals surface area (Å²) >= 11 is 0. The molecule has 2 heterocycles. The van der Waals surface area contributed by atoms with Crippen molar-refractivity contribution in [3.05, 3.63) is 154 Å². The van der Waals surface area contributed by atoms with E-state index >= 15 is 0 Å². The summed E-state index contributed by atoms with van der Waals surface area (Å²) in [5.41, 5.74) is 9.27. The highest BCUT2D eigenvalue weighted by atomic mass is 16.7. The van der Waals surface area contributed by atoms with Gasteiger partial charge in [0.25, 0.3) is 0 Å². The van der Waals surface area contributed by atoms with Crippen LogP contribution in [0.3, 0.4) is 0 Å². The summed E-state index contributed by atoms with van der Waals surface area (Å²) in [5, 5.41) is 3.27. The van der Waals surface area contributed by atoms with Gasteiger partial charge in [-0.05, 0) is 75.6 Å². The molecule has 2 fully saturated rings. The Morgan fingerprint density at radius 3 is 0.981 bits per heavy atom. The lowest BCUT2D eigenvalue weighted by Crippen LogP contribution is -2.39. The molecule has 52 heavy (non-hydrogen) atoms. The minimum Gasteiger partial charge on any atom is -0.365 e. The van der Waals surface area contributed by atoms with Crippen molar-refractivity contribution in [3.63, 3.8) is 0 Å². The van der Waals surface area contributed by atoms with Gasteiger partial charge in [-0.15, -0.1) is 10.1 Å². The van der Waals surface area contributed by atoms with Crippen LogP contribution in [0.4, 0.5) is 0 Å². The molecule has 2 saturated heterocycles. The topological polar surface area (TPSA) is 77.5 Å². The number of carbonyl (C=O) groups excluding carboxylic acids is 2. The lowest BCUT2D eigenvalue weighted by molar-refractivity contribution is -0.198. The third kappa shape index (κ3) is 10.5. The molecule has 0 unspecified atom stereocenters. The number of nitrogens with zero attached hydrogens (tertiary/aromatic N) is 2. The van der Waals surface area contributed by atoms with Gasteiger partial charge in [0.1, 0.15) is 12.2 Å². The van der Waals surface area contributed by atoms with Crippen LogP contribution in [0.2, 0.25) is 0 Å². The zero-order chi connectivity index (χ0) is 36.5. The maximum Gasteiger partial charge on any atom is 0.349 e. The van der Waals surface area contributed by atoms with Gasteiger partial charge in [0.15, 0.2) is 0 Å². The van der Waals surface area contributed by atoms with Crippen LogP contribution in [0, 0.1) is 27.7 Å². The number of hydrogen-bond donors (Lipinski definition) is 0. The predicted octanol–water partition coefficient (Wildman–Crippen LogP) is 8.23. The molecule has 0 bridgehead atoms. The van der Waals surface area contributed by atoms with Crippen molar-refractivity contribution in [2.24, 2.45) is 0 Å². The molecule has 0 spiro atoms. The average Bonchev–Trinajstić information content (AvgIpc) is 3.15. The highest BCUT2D eigenvalue weighted by Crippen LogP contribution is 2.32. The molecule has 2 aliphatic rings. The first-order valence-electron chi connectivity index (χ1n) is 18.4. The average molecular weight is 703 g/mol. The normalized spacial score (nSPS) is 16.5. The number of rotatable bonds is 12.